The maximum Gasteiger partial charge on any atom is 0.328 e. The highest BCUT2D eigenvalue weighted by Crippen LogP contribution is 2.24. The first kappa shape index (κ1) is 20.8. The number of hydrogen-bond donors (Lipinski definition) is 2. The molecule has 6 heteroatoms. The number of nitrogens with zero attached hydrogens (tertiary/aromatic N) is 1. The van der Waals surface area contributed by atoms with Crippen LogP contribution in [0.1, 0.15) is 39.5 Å². The van der Waals surface area contributed by atoms with Crippen LogP contribution in [0.2, 0.25) is 0 Å². The first-order valence-electron chi connectivity index (χ1n) is 8.72. The number of esters is 1. The number of aliphatic hydroxyl groups is 1. The van der Waals surface area contributed by atoms with Crippen LogP contribution in [0.4, 0.5) is 5.69 Å². The average molecular weight is 348 g/mol. The van der Waals surface area contributed by atoms with Gasteiger partial charge in [-0.2, -0.15) is 5.26 Å². The van der Waals surface area contributed by atoms with Crippen molar-refractivity contribution >= 4 is 11.7 Å². The fourth-order valence-corrected chi connectivity index (χ4v) is 2.67. The van der Waals surface area contributed by atoms with Gasteiger partial charge in [-0.05, 0) is 37.6 Å². The predicted octanol–water partition coefficient (Wildman–Crippen LogP) is 3.12. The lowest BCUT2D eigenvalue weighted by molar-refractivity contribution is -0.146. The molecule has 0 radical (unpaired) electrons. The number of methoxy groups -OCH3 is 1. The summed E-state index contributed by atoms with van der Waals surface area (Å²) in [5.41, 5.74) is 0.699. The Labute approximate surface area is 149 Å². The van der Waals surface area contributed by atoms with Gasteiger partial charge in [0.25, 0.3) is 0 Å². The van der Waals surface area contributed by atoms with Gasteiger partial charge in [0.1, 0.15) is 17.9 Å². The summed E-state index contributed by atoms with van der Waals surface area (Å²) in [4.78, 5) is 12.4. The SMILES string of the molecule is CCCCC[C@@H]([C@H](Nc1ccc(OC)cc1)C(=O)OCC)[C@@H](O)C#N. The Morgan fingerprint density at radius 3 is 2.48 bits per heavy atom. The molecular weight excluding hydrogens is 320 g/mol. The number of benzene rings is 1. The van der Waals surface area contributed by atoms with Gasteiger partial charge in [0.2, 0.25) is 0 Å². The number of rotatable bonds is 11. The van der Waals surface area contributed by atoms with Crippen LogP contribution in [0.5, 0.6) is 5.75 Å². The van der Waals surface area contributed by atoms with Crippen molar-refractivity contribution in [3.63, 3.8) is 0 Å². The van der Waals surface area contributed by atoms with Gasteiger partial charge < -0.3 is 19.9 Å². The van der Waals surface area contributed by atoms with Crippen LogP contribution in [0.3, 0.4) is 0 Å². The van der Waals surface area contributed by atoms with E-state index in [1.54, 1.807) is 38.3 Å². The molecule has 3 atom stereocenters. The van der Waals surface area contributed by atoms with Crippen molar-refractivity contribution in [1.82, 2.24) is 0 Å². The maximum absolute atomic E-state index is 12.4. The smallest absolute Gasteiger partial charge is 0.328 e. The molecule has 1 aromatic carbocycles. The van der Waals surface area contributed by atoms with Crippen molar-refractivity contribution in [3.05, 3.63) is 24.3 Å². The van der Waals surface area contributed by atoms with Crippen LogP contribution in [0, 0.1) is 17.2 Å². The Bertz CT molecular complexity index is 554. The molecule has 138 valence electrons. The summed E-state index contributed by atoms with van der Waals surface area (Å²) in [5.74, 6) is -0.304. The number of nitriles is 1. The number of anilines is 1. The number of unbranched alkanes of at least 4 members (excludes halogenated alkanes) is 2. The summed E-state index contributed by atoms with van der Waals surface area (Å²) < 4.78 is 10.3. The first-order chi connectivity index (χ1) is 12.1. The largest absolute Gasteiger partial charge is 0.497 e. The Morgan fingerprint density at radius 1 is 1.28 bits per heavy atom. The zero-order valence-electron chi connectivity index (χ0n) is 15.2. The highest BCUT2D eigenvalue weighted by atomic mass is 16.5. The van der Waals surface area contributed by atoms with Crippen LogP contribution in [-0.4, -0.2) is 36.9 Å². The molecule has 0 aliphatic heterocycles. The monoisotopic (exact) mass is 348 g/mol. The number of carbonyl (C=O) groups excluding carboxylic acids is 1. The fraction of sp³-hybridized carbons (Fsp3) is 0.579. The van der Waals surface area contributed by atoms with Crippen LogP contribution >= 0.6 is 0 Å². The van der Waals surface area contributed by atoms with Crippen LogP contribution in [0.15, 0.2) is 24.3 Å². The molecule has 6 nitrogen and oxygen atoms in total. The molecule has 0 heterocycles. The molecule has 0 spiro atoms. The summed E-state index contributed by atoms with van der Waals surface area (Å²) in [6, 6.07) is 8.19. The Hall–Kier alpha value is -2.26. The van der Waals surface area contributed by atoms with Crippen molar-refractivity contribution in [2.75, 3.05) is 19.0 Å². The third-order valence-electron chi connectivity index (χ3n) is 4.06. The number of ether oxygens (including phenoxy) is 2. The van der Waals surface area contributed by atoms with Crippen LogP contribution in [-0.2, 0) is 9.53 Å². The summed E-state index contributed by atoms with van der Waals surface area (Å²) >= 11 is 0. The minimum atomic E-state index is -1.24. The standard InChI is InChI=1S/C19H28N2O4/c1-4-6-7-8-16(17(22)13-20)18(19(23)25-5-2)21-14-9-11-15(24-3)12-10-14/h9-12,16-18,21-22H,4-8H2,1-3H3/t16-,17+,18+/m1/s1. The molecule has 0 aliphatic carbocycles. The number of nitrogens with one attached hydrogen (secondary N) is 1. The van der Waals surface area contributed by atoms with E-state index < -0.39 is 24.0 Å². The van der Waals surface area contributed by atoms with E-state index in [1.807, 2.05) is 6.07 Å². The van der Waals surface area contributed by atoms with E-state index in [9.17, 15) is 9.90 Å². The zero-order chi connectivity index (χ0) is 18.7. The molecule has 1 aromatic rings. The minimum absolute atomic E-state index is 0.240. The topological polar surface area (TPSA) is 91.6 Å². The molecule has 0 amide bonds. The third-order valence-corrected chi connectivity index (χ3v) is 4.06. The highest BCUT2D eigenvalue weighted by molar-refractivity contribution is 5.80. The van der Waals surface area contributed by atoms with Crippen molar-refractivity contribution in [1.29, 1.82) is 5.26 Å². The van der Waals surface area contributed by atoms with E-state index in [2.05, 4.69) is 12.2 Å². The lowest BCUT2D eigenvalue weighted by atomic mass is 9.88. The van der Waals surface area contributed by atoms with Gasteiger partial charge in [0, 0.05) is 11.6 Å². The molecule has 0 fully saturated rings. The average Bonchev–Trinajstić information content (AvgIpc) is 2.64. The van der Waals surface area contributed by atoms with Gasteiger partial charge in [-0.25, -0.2) is 4.79 Å². The molecule has 0 bridgehead atoms. The second-order valence-electron chi connectivity index (χ2n) is 5.84. The maximum atomic E-state index is 12.4. The van der Waals surface area contributed by atoms with Gasteiger partial charge in [-0.3, -0.25) is 0 Å². The molecule has 0 saturated heterocycles. The van der Waals surface area contributed by atoms with E-state index in [-0.39, 0.29) is 6.61 Å². The summed E-state index contributed by atoms with van der Waals surface area (Å²) in [6.45, 7) is 4.05. The van der Waals surface area contributed by atoms with E-state index in [1.165, 1.54) is 0 Å². The van der Waals surface area contributed by atoms with E-state index in [4.69, 9.17) is 14.7 Å². The van der Waals surface area contributed by atoms with Crippen molar-refractivity contribution in [2.45, 2.75) is 51.7 Å². The predicted molar refractivity (Wildman–Crippen MR) is 96.3 cm³/mol. The Morgan fingerprint density at radius 2 is 1.96 bits per heavy atom. The van der Waals surface area contributed by atoms with Gasteiger partial charge in [-0.15, -0.1) is 0 Å². The molecule has 2 N–H and O–H groups in total. The van der Waals surface area contributed by atoms with Crippen molar-refractivity contribution in [3.8, 4) is 11.8 Å². The van der Waals surface area contributed by atoms with E-state index in [0.717, 1.165) is 19.3 Å². The van der Waals surface area contributed by atoms with Crippen LogP contribution < -0.4 is 10.1 Å². The number of aliphatic hydroxyl groups excluding tert-OH is 1. The second kappa shape index (κ2) is 11.3. The zero-order valence-corrected chi connectivity index (χ0v) is 15.2. The summed E-state index contributed by atoms with van der Waals surface area (Å²) in [5, 5.41) is 22.4. The lowest BCUT2D eigenvalue weighted by Crippen LogP contribution is -2.43. The fourth-order valence-electron chi connectivity index (χ4n) is 2.67. The quantitative estimate of drug-likeness (QED) is 0.363. The normalized spacial score (nSPS) is 14.0. The first-order valence-corrected chi connectivity index (χ1v) is 8.72. The molecule has 1 rings (SSSR count). The number of carbonyl (C=O) groups is 1. The van der Waals surface area contributed by atoms with Gasteiger partial charge >= 0.3 is 5.97 Å². The lowest BCUT2D eigenvalue weighted by Gasteiger charge is -2.28. The van der Waals surface area contributed by atoms with Crippen LogP contribution in [0.25, 0.3) is 0 Å². The second-order valence-corrected chi connectivity index (χ2v) is 5.84. The molecule has 0 aliphatic rings. The highest BCUT2D eigenvalue weighted by Gasteiger charge is 2.34. The molecule has 0 saturated carbocycles. The molecule has 0 aromatic heterocycles. The molecule has 25 heavy (non-hydrogen) atoms. The Balaban J connectivity index is 3.00. The summed E-state index contributed by atoms with van der Waals surface area (Å²) in [7, 11) is 1.58. The van der Waals surface area contributed by atoms with Gasteiger partial charge in [0.15, 0.2) is 0 Å². The minimum Gasteiger partial charge on any atom is -0.497 e. The molecular formula is C19H28N2O4. The van der Waals surface area contributed by atoms with Crippen molar-refractivity contribution < 1.29 is 19.4 Å². The molecule has 0 unspecified atom stereocenters. The Kier molecular flexibility index (Phi) is 9.41. The number of hydrogen-bond acceptors (Lipinski definition) is 6. The van der Waals surface area contributed by atoms with Gasteiger partial charge in [-0.1, -0.05) is 26.2 Å². The summed E-state index contributed by atoms with van der Waals surface area (Å²) in [6.07, 6.45) is 2.16. The van der Waals surface area contributed by atoms with Gasteiger partial charge in [0.05, 0.1) is 19.8 Å². The van der Waals surface area contributed by atoms with E-state index in [0.29, 0.717) is 17.9 Å². The van der Waals surface area contributed by atoms with E-state index >= 15 is 0 Å². The third kappa shape index (κ3) is 6.63. The van der Waals surface area contributed by atoms with Crippen molar-refractivity contribution in [2.24, 2.45) is 5.92 Å².